The molecule has 10 heavy (non-hydrogen) atoms. The molecule has 2 heteroatoms. The van der Waals surface area contributed by atoms with E-state index in [0.717, 1.165) is 15.6 Å². The highest BCUT2D eigenvalue weighted by atomic mass is 79.9. The Morgan fingerprint density at radius 1 is 1.50 bits per heavy atom. The van der Waals surface area contributed by atoms with E-state index in [1.165, 1.54) is 0 Å². The minimum absolute atomic E-state index is 0.829. The van der Waals surface area contributed by atoms with E-state index >= 15 is 0 Å². The average molecular weight is 200 g/mol. The third kappa shape index (κ3) is 2.78. The maximum atomic E-state index is 3.77. The lowest BCUT2D eigenvalue weighted by molar-refractivity contribution is 1.44. The summed E-state index contributed by atoms with van der Waals surface area (Å²) in [7, 11) is 0. The number of allylic oxidation sites excluding steroid dienone is 3. The van der Waals surface area contributed by atoms with Crippen molar-refractivity contribution in [2.45, 2.75) is 6.92 Å². The van der Waals surface area contributed by atoms with E-state index in [0.29, 0.717) is 0 Å². The fourth-order valence-corrected chi connectivity index (χ4v) is 0.845. The number of nitrogens with zero attached hydrogens (tertiary/aromatic N) is 1. The zero-order valence-electron chi connectivity index (χ0n) is 6.02. The van der Waals surface area contributed by atoms with Crippen molar-refractivity contribution in [2.24, 2.45) is 4.99 Å². The first-order chi connectivity index (χ1) is 4.59. The number of hydrogen-bond acceptors (Lipinski definition) is 1. The van der Waals surface area contributed by atoms with Crippen LogP contribution in [-0.4, -0.2) is 6.72 Å². The van der Waals surface area contributed by atoms with Crippen LogP contribution in [0.25, 0.3) is 0 Å². The van der Waals surface area contributed by atoms with Crippen LogP contribution in [0.1, 0.15) is 6.92 Å². The van der Waals surface area contributed by atoms with Crippen LogP contribution in [0.4, 0.5) is 0 Å². The van der Waals surface area contributed by atoms with E-state index in [2.05, 4.69) is 40.8 Å². The Balaban J connectivity index is 4.36. The molecule has 54 valence electrons. The van der Waals surface area contributed by atoms with Crippen molar-refractivity contribution in [3.63, 3.8) is 0 Å². The highest BCUT2D eigenvalue weighted by molar-refractivity contribution is 9.12. The van der Waals surface area contributed by atoms with Gasteiger partial charge in [0.05, 0.1) is 0 Å². The molecule has 0 aliphatic heterocycles. The minimum Gasteiger partial charge on any atom is -0.271 e. The molecular formula is C8H10BrN. The Kier molecular flexibility index (Phi) is 3.96. The highest BCUT2D eigenvalue weighted by Gasteiger charge is 1.96. The van der Waals surface area contributed by atoms with Crippen LogP contribution >= 0.6 is 15.9 Å². The second kappa shape index (κ2) is 4.23. The predicted molar refractivity (Wildman–Crippen MR) is 50.5 cm³/mol. The normalized spacial score (nSPS) is 10.8. The SMILES string of the molecule is C=N/C=C(/Br)C(=C)C(=C)C. The maximum absolute atomic E-state index is 3.77. The van der Waals surface area contributed by atoms with E-state index in [1.807, 2.05) is 6.92 Å². The van der Waals surface area contributed by atoms with Gasteiger partial charge in [-0.05, 0) is 35.1 Å². The molecule has 0 aromatic rings. The molecule has 0 unspecified atom stereocenters. The van der Waals surface area contributed by atoms with Crippen molar-refractivity contribution in [3.8, 4) is 0 Å². The van der Waals surface area contributed by atoms with Gasteiger partial charge in [0.2, 0.25) is 0 Å². The molecule has 0 aromatic heterocycles. The Morgan fingerprint density at radius 2 is 2.00 bits per heavy atom. The molecule has 0 spiro atoms. The summed E-state index contributed by atoms with van der Waals surface area (Å²) in [6, 6.07) is 0. The molecule has 0 atom stereocenters. The summed E-state index contributed by atoms with van der Waals surface area (Å²) in [4.78, 5) is 3.58. The van der Waals surface area contributed by atoms with Crippen molar-refractivity contribution < 1.29 is 0 Å². The van der Waals surface area contributed by atoms with Crippen LogP contribution in [0.3, 0.4) is 0 Å². The van der Waals surface area contributed by atoms with Crippen molar-refractivity contribution in [1.29, 1.82) is 0 Å². The molecule has 0 N–H and O–H groups in total. The molecule has 0 saturated heterocycles. The topological polar surface area (TPSA) is 12.4 Å². The Hall–Kier alpha value is -0.630. The molecular weight excluding hydrogens is 190 g/mol. The third-order valence-electron chi connectivity index (χ3n) is 1.01. The molecule has 0 bridgehead atoms. The smallest absolute Gasteiger partial charge is 0.0426 e. The van der Waals surface area contributed by atoms with Gasteiger partial charge in [0, 0.05) is 10.7 Å². The van der Waals surface area contributed by atoms with Gasteiger partial charge in [-0.15, -0.1) is 0 Å². The van der Waals surface area contributed by atoms with E-state index in [9.17, 15) is 0 Å². The van der Waals surface area contributed by atoms with E-state index in [4.69, 9.17) is 0 Å². The molecule has 0 aliphatic carbocycles. The lowest BCUT2D eigenvalue weighted by atomic mass is 10.1. The second-order valence-corrected chi connectivity index (χ2v) is 2.77. The number of aliphatic imine (C=N–C) groups is 1. The Bertz CT molecular complexity index is 201. The van der Waals surface area contributed by atoms with Crippen LogP contribution in [0.5, 0.6) is 0 Å². The quantitative estimate of drug-likeness (QED) is 0.490. The van der Waals surface area contributed by atoms with Crippen LogP contribution in [-0.2, 0) is 0 Å². The summed E-state index contributed by atoms with van der Waals surface area (Å²) >= 11 is 3.27. The molecule has 0 aromatic carbocycles. The average Bonchev–Trinajstić information content (AvgIpc) is 1.87. The molecule has 1 nitrogen and oxygen atoms in total. The Labute approximate surface area is 70.0 Å². The number of hydrogen-bond donors (Lipinski definition) is 0. The van der Waals surface area contributed by atoms with Crippen molar-refractivity contribution in [2.75, 3.05) is 0 Å². The van der Waals surface area contributed by atoms with Crippen LogP contribution in [0, 0.1) is 0 Å². The highest BCUT2D eigenvalue weighted by Crippen LogP contribution is 2.20. The van der Waals surface area contributed by atoms with Gasteiger partial charge in [-0.1, -0.05) is 18.7 Å². The molecule has 0 fully saturated rings. The van der Waals surface area contributed by atoms with Gasteiger partial charge in [-0.25, -0.2) is 0 Å². The monoisotopic (exact) mass is 199 g/mol. The summed E-state index contributed by atoms with van der Waals surface area (Å²) in [6.07, 6.45) is 1.59. The van der Waals surface area contributed by atoms with Crippen molar-refractivity contribution in [1.82, 2.24) is 0 Å². The maximum Gasteiger partial charge on any atom is 0.0426 e. The van der Waals surface area contributed by atoms with Gasteiger partial charge in [0.25, 0.3) is 0 Å². The zero-order chi connectivity index (χ0) is 8.15. The summed E-state index contributed by atoms with van der Waals surface area (Å²) in [5, 5.41) is 0. The van der Waals surface area contributed by atoms with Crippen LogP contribution < -0.4 is 0 Å². The molecule has 0 saturated carbocycles. The summed E-state index contributed by atoms with van der Waals surface area (Å²) in [5.41, 5.74) is 1.78. The van der Waals surface area contributed by atoms with Gasteiger partial charge in [-0.2, -0.15) is 0 Å². The standard InChI is InChI=1S/C8H10BrN/c1-6(2)7(3)8(9)5-10-4/h5H,1,3-4H2,2H3/b8-5+. The van der Waals surface area contributed by atoms with Gasteiger partial charge in [-0.3, -0.25) is 4.99 Å². The fraction of sp³-hybridized carbons (Fsp3) is 0.125. The summed E-state index contributed by atoms with van der Waals surface area (Å²) in [5.74, 6) is 0. The van der Waals surface area contributed by atoms with E-state index in [-0.39, 0.29) is 0 Å². The second-order valence-electron chi connectivity index (χ2n) is 1.92. The first kappa shape index (κ1) is 9.37. The first-order valence-corrected chi connectivity index (χ1v) is 3.55. The van der Waals surface area contributed by atoms with Crippen LogP contribution in [0.15, 0.2) is 40.0 Å². The molecule has 0 amide bonds. The predicted octanol–water partition coefficient (Wildman–Crippen LogP) is 3.06. The van der Waals surface area contributed by atoms with Crippen LogP contribution in [0.2, 0.25) is 0 Å². The fourth-order valence-electron chi connectivity index (χ4n) is 0.362. The van der Waals surface area contributed by atoms with E-state index in [1.54, 1.807) is 6.20 Å². The van der Waals surface area contributed by atoms with E-state index < -0.39 is 0 Å². The first-order valence-electron chi connectivity index (χ1n) is 2.76. The lowest BCUT2D eigenvalue weighted by Crippen LogP contribution is -1.79. The van der Waals surface area contributed by atoms with Crippen molar-refractivity contribution >= 4 is 22.6 Å². The molecule has 0 radical (unpaired) electrons. The molecule has 0 aliphatic rings. The Morgan fingerprint density at radius 3 is 2.30 bits per heavy atom. The van der Waals surface area contributed by atoms with Gasteiger partial charge < -0.3 is 0 Å². The number of halogens is 1. The van der Waals surface area contributed by atoms with Crippen molar-refractivity contribution in [3.05, 3.63) is 35.0 Å². The minimum atomic E-state index is 0.829. The lowest BCUT2D eigenvalue weighted by Gasteiger charge is -1.99. The van der Waals surface area contributed by atoms with Gasteiger partial charge >= 0.3 is 0 Å². The largest absolute Gasteiger partial charge is 0.271 e. The zero-order valence-corrected chi connectivity index (χ0v) is 7.61. The molecule has 0 heterocycles. The molecule has 0 rings (SSSR count). The third-order valence-corrected chi connectivity index (χ3v) is 1.69. The number of rotatable bonds is 3. The van der Waals surface area contributed by atoms with Gasteiger partial charge in [0.1, 0.15) is 0 Å². The summed E-state index contributed by atoms with van der Waals surface area (Å²) < 4.78 is 0.829. The summed E-state index contributed by atoms with van der Waals surface area (Å²) in [6.45, 7) is 12.7. The van der Waals surface area contributed by atoms with Gasteiger partial charge in [0.15, 0.2) is 0 Å².